The van der Waals surface area contributed by atoms with Crippen molar-refractivity contribution in [2.45, 2.75) is 23.7 Å². The van der Waals surface area contributed by atoms with Crippen LogP contribution in [-0.4, -0.2) is 21.3 Å². The van der Waals surface area contributed by atoms with Crippen LogP contribution in [0, 0.1) is 0 Å². The molecule has 4 heteroatoms. The molecule has 3 rings (SSSR count). The van der Waals surface area contributed by atoms with Gasteiger partial charge in [-0.15, -0.1) is 0 Å². The van der Waals surface area contributed by atoms with Crippen molar-refractivity contribution in [3.63, 3.8) is 0 Å². The molecule has 0 aliphatic carbocycles. The van der Waals surface area contributed by atoms with E-state index in [1.807, 2.05) is 41.5 Å². The van der Waals surface area contributed by atoms with Crippen molar-refractivity contribution in [2.24, 2.45) is 0 Å². The zero-order valence-electron chi connectivity index (χ0n) is 10.9. The summed E-state index contributed by atoms with van der Waals surface area (Å²) in [7, 11) is 0. The fourth-order valence-corrected chi connectivity index (χ4v) is 3.14. The van der Waals surface area contributed by atoms with Crippen LogP contribution < -0.4 is 0 Å². The normalized spacial score (nSPS) is 26.8. The van der Waals surface area contributed by atoms with Gasteiger partial charge in [0.2, 0.25) is 0 Å². The highest BCUT2D eigenvalue weighted by Gasteiger charge is 2.41. The maximum atomic E-state index is 9.97. The number of benzene rings is 2. The van der Waals surface area contributed by atoms with E-state index in [0.717, 1.165) is 11.1 Å². The molecule has 0 aromatic heterocycles. The molecule has 0 spiro atoms. The molecule has 0 bridgehead atoms. The Kier molecular flexibility index (Phi) is 4.17. The summed E-state index contributed by atoms with van der Waals surface area (Å²) >= 11 is 3.54. The van der Waals surface area contributed by atoms with Gasteiger partial charge in [0.25, 0.3) is 0 Å². The summed E-state index contributed by atoms with van der Waals surface area (Å²) < 4.78 is 0. The predicted octanol–water partition coefficient (Wildman–Crippen LogP) is 3.26. The Morgan fingerprint density at radius 3 is 2.25 bits per heavy atom. The van der Waals surface area contributed by atoms with E-state index in [1.54, 1.807) is 0 Å². The lowest BCUT2D eigenvalue weighted by Crippen LogP contribution is -2.24. The summed E-state index contributed by atoms with van der Waals surface area (Å²) in [4.78, 5) is 5.44. The Morgan fingerprint density at radius 2 is 1.60 bits per heavy atom. The van der Waals surface area contributed by atoms with Crippen molar-refractivity contribution >= 4 is 15.9 Å². The molecule has 2 aromatic carbocycles. The Labute approximate surface area is 126 Å². The zero-order valence-corrected chi connectivity index (χ0v) is 12.5. The first-order valence-corrected chi connectivity index (χ1v) is 7.52. The third-order valence-corrected chi connectivity index (χ3v) is 4.40. The molecule has 1 heterocycles. The lowest BCUT2D eigenvalue weighted by atomic mass is 10.0. The minimum absolute atomic E-state index is 0.00796. The quantitative estimate of drug-likeness (QED) is 0.875. The van der Waals surface area contributed by atoms with E-state index in [9.17, 15) is 5.11 Å². The van der Waals surface area contributed by atoms with E-state index in [0.29, 0.717) is 6.54 Å². The SMILES string of the molecule is OC1ON(Cc2ccccc2)[C@H](c2ccccc2)[C@@H]1Br. The number of aliphatic hydroxyl groups is 1. The highest BCUT2D eigenvalue weighted by Crippen LogP contribution is 2.38. The molecule has 20 heavy (non-hydrogen) atoms. The fourth-order valence-electron chi connectivity index (χ4n) is 2.48. The number of rotatable bonds is 3. The van der Waals surface area contributed by atoms with Crippen LogP contribution in [0.25, 0.3) is 0 Å². The number of nitrogens with zero attached hydrogens (tertiary/aromatic N) is 1. The molecule has 104 valence electrons. The minimum atomic E-state index is -0.830. The molecule has 3 atom stereocenters. The molecule has 1 aliphatic heterocycles. The van der Waals surface area contributed by atoms with Crippen molar-refractivity contribution in [1.82, 2.24) is 5.06 Å². The fraction of sp³-hybridized carbons (Fsp3) is 0.250. The van der Waals surface area contributed by atoms with Gasteiger partial charge in [-0.25, -0.2) is 0 Å². The summed E-state index contributed by atoms with van der Waals surface area (Å²) in [5.41, 5.74) is 2.28. The maximum Gasteiger partial charge on any atom is 0.189 e. The van der Waals surface area contributed by atoms with E-state index in [4.69, 9.17) is 4.84 Å². The van der Waals surface area contributed by atoms with Gasteiger partial charge in [-0.2, -0.15) is 5.06 Å². The van der Waals surface area contributed by atoms with Gasteiger partial charge in [0.15, 0.2) is 6.29 Å². The second kappa shape index (κ2) is 6.06. The van der Waals surface area contributed by atoms with Crippen molar-refractivity contribution < 1.29 is 9.94 Å². The second-order valence-electron chi connectivity index (χ2n) is 4.86. The van der Waals surface area contributed by atoms with Gasteiger partial charge in [0.1, 0.15) is 0 Å². The molecule has 1 saturated heterocycles. The second-order valence-corrected chi connectivity index (χ2v) is 5.91. The van der Waals surface area contributed by atoms with Gasteiger partial charge >= 0.3 is 0 Å². The van der Waals surface area contributed by atoms with E-state index < -0.39 is 6.29 Å². The van der Waals surface area contributed by atoms with Crippen LogP contribution in [0.4, 0.5) is 0 Å². The molecule has 0 radical (unpaired) electrons. The molecule has 1 N–H and O–H groups in total. The Bertz CT molecular complexity index is 549. The van der Waals surface area contributed by atoms with Gasteiger partial charge in [0, 0.05) is 6.54 Å². The maximum absolute atomic E-state index is 9.97. The van der Waals surface area contributed by atoms with Crippen LogP contribution in [0.2, 0.25) is 0 Å². The van der Waals surface area contributed by atoms with Crippen molar-refractivity contribution in [2.75, 3.05) is 0 Å². The third-order valence-electron chi connectivity index (χ3n) is 3.45. The molecule has 1 unspecified atom stereocenters. The molecule has 0 saturated carbocycles. The van der Waals surface area contributed by atoms with Crippen LogP contribution in [-0.2, 0) is 11.4 Å². The summed E-state index contributed by atoms with van der Waals surface area (Å²) in [6.07, 6.45) is -0.830. The van der Waals surface area contributed by atoms with Crippen LogP contribution in [0.1, 0.15) is 17.2 Å². The van der Waals surface area contributed by atoms with Gasteiger partial charge in [0.05, 0.1) is 10.9 Å². The lowest BCUT2D eigenvalue weighted by Gasteiger charge is -2.23. The van der Waals surface area contributed by atoms with E-state index >= 15 is 0 Å². The van der Waals surface area contributed by atoms with E-state index in [1.165, 1.54) is 0 Å². The van der Waals surface area contributed by atoms with Gasteiger partial charge in [-0.3, -0.25) is 4.84 Å². The molecular weight excluding hydrogens is 318 g/mol. The van der Waals surface area contributed by atoms with Crippen LogP contribution in [0.3, 0.4) is 0 Å². The molecule has 1 aliphatic rings. The van der Waals surface area contributed by atoms with Gasteiger partial charge in [-0.1, -0.05) is 76.6 Å². The average Bonchev–Trinajstić information content (AvgIpc) is 2.76. The first-order valence-electron chi connectivity index (χ1n) is 6.60. The molecule has 2 aromatic rings. The number of aliphatic hydroxyl groups excluding tert-OH is 1. The molecular formula is C16H16BrNO2. The standard InChI is InChI=1S/C16H16BrNO2/c17-14-15(13-9-5-2-6-10-13)18(20-16(14)19)11-12-7-3-1-4-8-12/h1-10,14-16,19H,11H2/t14-,15+,16?/m0/s1. The monoisotopic (exact) mass is 333 g/mol. The number of hydroxylamine groups is 2. The number of alkyl halides is 1. The zero-order chi connectivity index (χ0) is 13.9. The number of hydrogen-bond acceptors (Lipinski definition) is 3. The van der Waals surface area contributed by atoms with Crippen LogP contribution in [0.5, 0.6) is 0 Å². The molecule has 1 fully saturated rings. The predicted molar refractivity (Wildman–Crippen MR) is 81.0 cm³/mol. The molecule has 3 nitrogen and oxygen atoms in total. The highest BCUT2D eigenvalue weighted by atomic mass is 79.9. The third kappa shape index (κ3) is 2.79. The van der Waals surface area contributed by atoms with Gasteiger partial charge < -0.3 is 5.11 Å². The molecule has 0 amide bonds. The smallest absolute Gasteiger partial charge is 0.189 e. The Morgan fingerprint density at radius 1 is 1.00 bits per heavy atom. The minimum Gasteiger partial charge on any atom is -0.366 e. The number of halogens is 1. The van der Waals surface area contributed by atoms with E-state index in [-0.39, 0.29) is 10.9 Å². The van der Waals surface area contributed by atoms with Crippen LogP contribution in [0.15, 0.2) is 60.7 Å². The summed E-state index contributed by atoms with van der Waals surface area (Å²) in [6, 6.07) is 20.2. The van der Waals surface area contributed by atoms with Gasteiger partial charge in [-0.05, 0) is 11.1 Å². The summed E-state index contributed by atoms with van der Waals surface area (Å²) in [5.74, 6) is 0. The van der Waals surface area contributed by atoms with Crippen LogP contribution >= 0.6 is 15.9 Å². The number of hydrogen-bond donors (Lipinski definition) is 1. The average molecular weight is 334 g/mol. The lowest BCUT2D eigenvalue weighted by molar-refractivity contribution is -0.227. The topological polar surface area (TPSA) is 32.7 Å². The summed E-state index contributed by atoms with van der Waals surface area (Å²) in [5, 5.41) is 11.8. The first-order chi connectivity index (χ1) is 9.75. The van der Waals surface area contributed by atoms with Crippen molar-refractivity contribution in [3.8, 4) is 0 Å². The van der Waals surface area contributed by atoms with E-state index in [2.05, 4.69) is 40.2 Å². The Balaban J connectivity index is 1.85. The van der Waals surface area contributed by atoms with Crippen molar-refractivity contribution in [1.29, 1.82) is 0 Å². The highest BCUT2D eigenvalue weighted by molar-refractivity contribution is 9.09. The van der Waals surface area contributed by atoms with Crippen molar-refractivity contribution in [3.05, 3.63) is 71.8 Å². The summed E-state index contributed by atoms with van der Waals surface area (Å²) in [6.45, 7) is 0.638. The Hall–Kier alpha value is -1.20. The first kappa shape index (κ1) is 13.8. The largest absolute Gasteiger partial charge is 0.366 e.